The second-order valence-corrected chi connectivity index (χ2v) is 8.86. The molecule has 0 aliphatic carbocycles. The van der Waals surface area contributed by atoms with Crippen molar-refractivity contribution in [3.63, 3.8) is 0 Å². The van der Waals surface area contributed by atoms with Crippen LogP contribution in [-0.2, 0) is 5.92 Å². The highest BCUT2D eigenvalue weighted by Crippen LogP contribution is 2.36. The topological polar surface area (TPSA) is 108 Å². The minimum absolute atomic E-state index is 0.183. The Balaban J connectivity index is 1.33. The minimum Gasteiger partial charge on any atom is -0.366 e. The van der Waals surface area contributed by atoms with Gasteiger partial charge in [-0.2, -0.15) is 23.7 Å². The molecule has 1 aliphatic heterocycles. The van der Waals surface area contributed by atoms with Crippen LogP contribution in [0.25, 0.3) is 28.3 Å². The molecule has 0 spiro atoms. The number of nitriles is 1. The first-order valence-corrected chi connectivity index (χ1v) is 12.0. The van der Waals surface area contributed by atoms with Gasteiger partial charge < -0.3 is 10.2 Å². The van der Waals surface area contributed by atoms with Crippen LogP contribution in [0.5, 0.6) is 0 Å². The van der Waals surface area contributed by atoms with Crippen molar-refractivity contribution in [1.82, 2.24) is 35.1 Å². The molecule has 0 amide bonds. The number of piperazine rings is 1. The summed E-state index contributed by atoms with van der Waals surface area (Å²) in [6, 6.07) is 18.0. The second-order valence-electron chi connectivity index (χ2n) is 8.86. The Kier molecular flexibility index (Phi) is 5.94. The summed E-state index contributed by atoms with van der Waals surface area (Å²) in [5.74, 6) is -3.76. The molecule has 4 heterocycles. The van der Waals surface area contributed by atoms with Crippen LogP contribution >= 0.6 is 0 Å². The van der Waals surface area contributed by atoms with Crippen molar-refractivity contribution in [2.45, 2.75) is 5.92 Å². The first-order chi connectivity index (χ1) is 18.5. The molecule has 3 aromatic heterocycles. The maximum Gasteiger partial charge on any atom is 0.333 e. The summed E-state index contributed by atoms with van der Waals surface area (Å²) in [5.41, 5.74) is 2.74. The average Bonchev–Trinajstić information content (AvgIpc) is 3.42. The fourth-order valence-electron chi connectivity index (χ4n) is 4.43. The van der Waals surface area contributed by atoms with Gasteiger partial charge in [-0.1, -0.05) is 30.3 Å². The quantitative estimate of drug-likeness (QED) is 0.382. The van der Waals surface area contributed by atoms with E-state index < -0.39 is 11.7 Å². The minimum atomic E-state index is -3.50. The zero-order valence-corrected chi connectivity index (χ0v) is 20.1. The van der Waals surface area contributed by atoms with Crippen molar-refractivity contribution in [2.75, 3.05) is 31.1 Å². The number of rotatable bonds is 5. The van der Waals surface area contributed by atoms with Crippen LogP contribution in [0.15, 0.2) is 73.1 Å². The van der Waals surface area contributed by atoms with E-state index in [-0.39, 0.29) is 11.2 Å². The number of alkyl halides is 2. The van der Waals surface area contributed by atoms with Gasteiger partial charge in [0.2, 0.25) is 5.82 Å². The van der Waals surface area contributed by atoms with Gasteiger partial charge in [0, 0.05) is 42.9 Å². The van der Waals surface area contributed by atoms with E-state index in [9.17, 15) is 5.26 Å². The SMILES string of the molecule is N#Cc1cccc(-c2ccc3nnc(C(F)(F)c4cccc(-c5ncc(N6CCNCC6)cn5)c4)n3n2)c1. The molecular weight excluding hydrogens is 488 g/mol. The van der Waals surface area contributed by atoms with Crippen LogP contribution in [0.1, 0.15) is 17.0 Å². The normalized spacial score (nSPS) is 14.0. The number of anilines is 1. The van der Waals surface area contributed by atoms with Crippen molar-refractivity contribution >= 4 is 11.3 Å². The number of benzene rings is 2. The van der Waals surface area contributed by atoms with Crippen LogP contribution in [0.3, 0.4) is 0 Å². The fraction of sp³-hybridized carbons (Fsp3) is 0.185. The summed E-state index contributed by atoms with van der Waals surface area (Å²) in [6.07, 6.45) is 3.44. The Morgan fingerprint density at radius 2 is 1.66 bits per heavy atom. The van der Waals surface area contributed by atoms with Crippen LogP contribution in [0.2, 0.25) is 0 Å². The number of hydrogen-bond donors (Lipinski definition) is 1. The van der Waals surface area contributed by atoms with Gasteiger partial charge in [0.25, 0.3) is 0 Å². The number of nitrogens with one attached hydrogen (secondary N) is 1. The van der Waals surface area contributed by atoms with E-state index in [2.05, 4.69) is 41.5 Å². The molecule has 0 radical (unpaired) electrons. The van der Waals surface area contributed by atoms with Gasteiger partial charge in [-0.3, -0.25) is 0 Å². The molecule has 0 bridgehead atoms. The van der Waals surface area contributed by atoms with Crippen LogP contribution in [-0.4, -0.2) is 56.0 Å². The van der Waals surface area contributed by atoms with Crippen molar-refractivity contribution in [3.05, 3.63) is 90.0 Å². The van der Waals surface area contributed by atoms with Gasteiger partial charge >= 0.3 is 5.92 Å². The first-order valence-electron chi connectivity index (χ1n) is 12.0. The maximum absolute atomic E-state index is 15.8. The average molecular weight is 510 g/mol. The molecule has 1 aliphatic rings. The Morgan fingerprint density at radius 3 is 2.45 bits per heavy atom. The van der Waals surface area contributed by atoms with E-state index >= 15 is 8.78 Å². The predicted octanol–water partition coefficient (Wildman–Crippen LogP) is 3.67. The maximum atomic E-state index is 15.8. The number of hydrogen-bond acceptors (Lipinski definition) is 8. The largest absolute Gasteiger partial charge is 0.366 e. The van der Waals surface area contributed by atoms with Crippen LogP contribution < -0.4 is 10.2 Å². The summed E-state index contributed by atoms with van der Waals surface area (Å²) < 4.78 is 32.7. The van der Waals surface area contributed by atoms with Gasteiger partial charge in [-0.05, 0) is 30.3 Å². The molecule has 1 saturated heterocycles. The molecule has 0 saturated carbocycles. The van der Waals surface area contributed by atoms with Crippen molar-refractivity contribution < 1.29 is 8.78 Å². The Bertz CT molecular complexity index is 1650. The van der Waals surface area contributed by atoms with E-state index in [1.165, 1.54) is 12.1 Å². The second kappa shape index (κ2) is 9.57. The third-order valence-corrected chi connectivity index (χ3v) is 6.43. The third kappa shape index (κ3) is 4.31. The lowest BCUT2D eigenvalue weighted by Gasteiger charge is -2.28. The molecule has 9 nitrogen and oxygen atoms in total. The predicted molar refractivity (Wildman–Crippen MR) is 136 cm³/mol. The van der Waals surface area contributed by atoms with Gasteiger partial charge in [-0.25, -0.2) is 9.97 Å². The fourth-order valence-corrected chi connectivity index (χ4v) is 4.43. The summed E-state index contributed by atoms with van der Waals surface area (Å²) in [7, 11) is 0. The van der Waals surface area contributed by atoms with E-state index in [1.54, 1.807) is 60.9 Å². The molecular formula is C27H21F2N9. The van der Waals surface area contributed by atoms with Crippen LogP contribution in [0.4, 0.5) is 14.5 Å². The van der Waals surface area contributed by atoms with E-state index in [0.717, 1.165) is 36.4 Å². The zero-order chi connectivity index (χ0) is 26.1. The van der Waals surface area contributed by atoms with Crippen molar-refractivity contribution in [3.8, 4) is 28.7 Å². The highest BCUT2D eigenvalue weighted by atomic mass is 19.3. The lowest BCUT2D eigenvalue weighted by molar-refractivity contribution is 0.0307. The Morgan fingerprint density at radius 1 is 0.895 bits per heavy atom. The smallest absolute Gasteiger partial charge is 0.333 e. The van der Waals surface area contributed by atoms with Crippen LogP contribution in [0, 0.1) is 11.3 Å². The lowest BCUT2D eigenvalue weighted by Crippen LogP contribution is -2.43. The first kappa shape index (κ1) is 23.6. The lowest BCUT2D eigenvalue weighted by atomic mass is 10.0. The van der Waals surface area contributed by atoms with E-state index in [1.807, 2.05) is 0 Å². The summed E-state index contributed by atoms with van der Waals surface area (Å²) in [5, 5.41) is 24.6. The molecule has 188 valence electrons. The molecule has 5 aromatic rings. The Labute approximate surface area is 216 Å². The number of aromatic nitrogens is 6. The Hall–Kier alpha value is -4.82. The number of fused-ring (bicyclic) bond motifs is 1. The highest BCUT2D eigenvalue weighted by molar-refractivity contribution is 5.63. The third-order valence-electron chi connectivity index (χ3n) is 6.43. The molecule has 11 heteroatoms. The molecule has 2 aromatic carbocycles. The molecule has 1 N–H and O–H groups in total. The summed E-state index contributed by atoms with van der Waals surface area (Å²) in [4.78, 5) is 11.0. The van der Waals surface area contributed by atoms with E-state index in [4.69, 9.17) is 0 Å². The van der Waals surface area contributed by atoms with E-state index in [0.29, 0.717) is 28.2 Å². The molecule has 1 fully saturated rings. The summed E-state index contributed by atoms with van der Waals surface area (Å²) >= 11 is 0. The van der Waals surface area contributed by atoms with Gasteiger partial charge in [0.1, 0.15) is 0 Å². The molecule has 0 atom stereocenters. The van der Waals surface area contributed by atoms with Gasteiger partial charge in [-0.15, -0.1) is 10.2 Å². The molecule has 6 rings (SSSR count). The van der Waals surface area contributed by atoms with Gasteiger partial charge in [0.15, 0.2) is 11.5 Å². The monoisotopic (exact) mass is 509 g/mol. The summed E-state index contributed by atoms with van der Waals surface area (Å²) in [6.45, 7) is 3.49. The molecule has 38 heavy (non-hydrogen) atoms. The highest BCUT2D eigenvalue weighted by Gasteiger charge is 2.40. The van der Waals surface area contributed by atoms with Crippen molar-refractivity contribution in [2.24, 2.45) is 0 Å². The van der Waals surface area contributed by atoms with Crippen molar-refractivity contribution in [1.29, 1.82) is 5.26 Å². The number of halogens is 2. The molecule has 0 unspecified atom stereocenters. The zero-order valence-electron chi connectivity index (χ0n) is 20.1. The standard InChI is InChI=1S/C27H21F2N9/c28-27(29,26-35-34-24-8-7-23(36-38(24)26)19-4-1-3-18(13-19)15-30)21-6-2-5-20(14-21)25-32-16-22(17-33-25)37-11-9-31-10-12-37/h1-8,13-14,16-17,31H,9-12H2. The van der Waals surface area contributed by atoms with Gasteiger partial charge in [0.05, 0.1) is 35.4 Å². The number of nitrogens with zero attached hydrogens (tertiary/aromatic N) is 8.